The molecule has 13 nitrogen and oxygen atoms in total. The molecule has 0 aromatic carbocycles. The summed E-state index contributed by atoms with van der Waals surface area (Å²) < 4.78 is 56.4. The summed E-state index contributed by atoms with van der Waals surface area (Å²) in [5, 5.41) is 21.3. The number of unbranched alkanes of at least 4 members (excludes halogenated alkanes) is 8. The van der Waals surface area contributed by atoms with Crippen LogP contribution in [0.3, 0.4) is 0 Å². The van der Waals surface area contributed by atoms with E-state index in [1.54, 1.807) is 40.8 Å². The van der Waals surface area contributed by atoms with E-state index in [9.17, 15) is 10.2 Å². The second-order valence-electron chi connectivity index (χ2n) is 15.0. The van der Waals surface area contributed by atoms with E-state index in [1.807, 2.05) is 26.8 Å². The predicted molar refractivity (Wildman–Crippen MR) is 219 cm³/mol. The molecule has 0 unspecified atom stereocenters. The van der Waals surface area contributed by atoms with Crippen molar-refractivity contribution in [2.45, 2.75) is 192 Å². The fourth-order valence-corrected chi connectivity index (χ4v) is 7.03. The van der Waals surface area contributed by atoms with Gasteiger partial charge in [-0.05, 0) is 39.5 Å². The van der Waals surface area contributed by atoms with E-state index >= 15 is 0 Å². The van der Waals surface area contributed by atoms with Gasteiger partial charge in [0.25, 0.3) is 0 Å². The normalized spacial score (nSPS) is 29.3. The van der Waals surface area contributed by atoms with Gasteiger partial charge < -0.3 is 63.3 Å². The van der Waals surface area contributed by atoms with E-state index in [2.05, 4.69) is 13.8 Å². The minimum Gasteiger partial charge on any atom is -0.472 e. The molecular formula is C43H83NO12. The number of aliphatic hydroxyl groups is 2. The first-order valence-corrected chi connectivity index (χ1v) is 21.4. The highest BCUT2D eigenvalue weighted by molar-refractivity contribution is 4.94. The van der Waals surface area contributed by atoms with Crippen LogP contribution in [0.15, 0.2) is 24.7 Å². The van der Waals surface area contributed by atoms with Crippen molar-refractivity contribution < 1.29 is 57.6 Å². The number of hydrogen-bond acceptors (Lipinski definition) is 13. The Morgan fingerprint density at radius 3 is 1.48 bits per heavy atom. The summed E-state index contributed by atoms with van der Waals surface area (Å²) in [5.41, 5.74) is 6.25. The molecule has 0 spiro atoms. The van der Waals surface area contributed by atoms with Gasteiger partial charge in [0, 0.05) is 47.6 Å². The Labute approximate surface area is 340 Å². The van der Waals surface area contributed by atoms with E-state index in [4.69, 9.17) is 53.1 Å². The van der Waals surface area contributed by atoms with Crippen LogP contribution in [0, 0.1) is 5.92 Å². The Hall–Kier alpha value is -1.36. The molecule has 2 aliphatic rings. The van der Waals surface area contributed by atoms with Gasteiger partial charge in [-0.2, -0.15) is 0 Å². The first-order valence-electron chi connectivity index (χ1n) is 21.4. The summed E-state index contributed by atoms with van der Waals surface area (Å²) in [4.78, 5) is 0. The molecule has 0 aliphatic carbocycles. The molecule has 56 heavy (non-hydrogen) atoms. The molecule has 2 aliphatic heterocycles. The number of methoxy groups -OCH3 is 4. The summed E-state index contributed by atoms with van der Waals surface area (Å²) in [6.45, 7) is 11.7. The first-order chi connectivity index (χ1) is 27.2. The molecule has 4 N–H and O–H groups in total. The fourth-order valence-electron chi connectivity index (χ4n) is 7.03. The van der Waals surface area contributed by atoms with E-state index in [0.29, 0.717) is 19.8 Å². The van der Waals surface area contributed by atoms with Crippen molar-refractivity contribution in [2.24, 2.45) is 11.7 Å². The number of rotatable bonds is 30. The summed E-state index contributed by atoms with van der Waals surface area (Å²) in [7, 11) is 6.65. The Morgan fingerprint density at radius 2 is 1.04 bits per heavy atom. The van der Waals surface area contributed by atoms with Gasteiger partial charge in [0.1, 0.15) is 30.5 Å². The first kappa shape index (κ1) is 52.7. The zero-order valence-electron chi connectivity index (χ0n) is 36.5. The molecule has 0 aromatic heterocycles. The third-order valence-electron chi connectivity index (χ3n) is 10.5. The highest BCUT2D eigenvalue weighted by Gasteiger charge is 2.46. The number of aliphatic hydroxyl groups excluding tert-OH is 2. The Balaban J connectivity index is 0.000000560. The number of hydrogen-bond donors (Lipinski definition) is 3. The average molecular weight is 806 g/mol. The van der Waals surface area contributed by atoms with Gasteiger partial charge in [0.2, 0.25) is 12.6 Å². The zero-order chi connectivity index (χ0) is 41.6. The van der Waals surface area contributed by atoms with Crippen LogP contribution in [-0.4, -0.2) is 133 Å². The number of ether oxygens (including phenoxy) is 10. The van der Waals surface area contributed by atoms with Crippen molar-refractivity contribution in [3.63, 3.8) is 0 Å². The predicted octanol–water partition coefficient (Wildman–Crippen LogP) is 6.80. The lowest BCUT2D eigenvalue weighted by Gasteiger charge is -2.42. The lowest BCUT2D eigenvalue weighted by molar-refractivity contribution is -0.277. The topological polar surface area (TPSA) is 159 Å². The molecule has 2 heterocycles. The van der Waals surface area contributed by atoms with Crippen molar-refractivity contribution in [3.8, 4) is 0 Å². The Bertz CT molecular complexity index is 886. The molecule has 0 radical (unpaired) electrons. The van der Waals surface area contributed by atoms with Gasteiger partial charge in [-0.1, -0.05) is 97.1 Å². The fraction of sp³-hybridized carbons (Fsp3) is 0.907. The monoisotopic (exact) mass is 806 g/mol. The third-order valence-corrected chi connectivity index (χ3v) is 10.5. The van der Waals surface area contributed by atoms with Crippen molar-refractivity contribution >= 4 is 0 Å². The van der Waals surface area contributed by atoms with Crippen molar-refractivity contribution in [1.82, 2.24) is 0 Å². The second kappa shape index (κ2) is 33.5. The van der Waals surface area contributed by atoms with Gasteiger partial charge >= 0.3 is 0 Å². The number of nitrogens with two attached hydrogens (primary N) is 1. The molecule has 0 aromatic rings. The maximum absolute atomic E-state index is 10.7. The molecule has 2 saturated heterocycles. The summed E-state index contributed by atoms with van der Waals surface area (Å²) in [5.74, 6) is -0.102. The summed E-state index contributed by atoms with van der Waals surface area (Å²) in [6.07, 6.45) is 18.4. The average Bonchev–Trinajstić information content (AvgIpc) is 3.20. The van der Waals surface area contributed by atoms with Crippen LogP contribution in [0.25, 0.3) is 0 Å². The minimum atomic E-state index is -0.879. The molecule has 2 fully saturated rings. The van der Waals surface area contributed by atoms with Crippen LogP contribution in [0.4, 0.5) is 0 Å². The molecule has 0 saturated carbocycles. The van der Waals surface area contributed by atoms with Crippen LogP contribution in [0.1, 0.15) is 125 Å². The van der Waals surface area contributed by atoms with Crippen LogP contribution in [0.2, 0.25) is 0 Å². The Morgan fingerprint density at radius 1 is 0.607 bits per heavy atom. The van der Waals surface area contributed by atoms with Crippen molar-refractivity contribution in [1.29, 1.82) is 0 Å². The summed E-state index contributed by atoms with van der Waals surface area (Å²) in [6, 6.07) is -0.602. The van der Waals surface area contributed by atoms with Crippen LogP contribution < -0.4 is 5.73 Å². The van der Waals surface area contributed by atoms with Gasteiger partial charge in [0.15, 0.2) is 0 Å². The maximum atomic E-state index is 10.7. The van der Waals surface area contributed by atoms with Crippen molar-refractivity contribution in [3.05, 3.63) is 24.7 Å². The highest BCUT2D eigenvalue weighted by Crippen LogP contribution is 2.30. The molecular weight excluding hydrogens is 722 g/mol. The van der Waals surface area contributed by atoms with Gasteiger partial charge in [0.05, 0.1) is 50.1 Å². The zero-order valence-corrected chi connectivity index (χ0v) is 36.5. The minimum absolute atomic E-state index is 0.102. The molecule has 332 valence electrons. The quantitative estimate of drug-likeness (QED) is 0.0515. The van der Waals surface area contributed by atoms with Crippen LogP contribution in [-0.2, 0) is 47.4 Å². The molecule has 0 bridgehead atoms. The summed E-state index contributed by atoms with van der Waals surface area (Å²) >= 11 is 0. The van der Waals surface area contributed by atoms with E-state index < -0.39 is 49.1 Å². The van der Waals surface area contributed by atoms with Gasteiger partial charge in [-0.15, -0.1) is 0 Å². The van der Waals surface area contributed by atoms with E-state index in [-0.39, 0.29) is 30.8 Å². The van der Waals surface area contributed by atoms with E-state index in [0.717, 1.165) is 32.1 Å². The lowest BCUT2D eigenvalue weighted by Crippen LogP contribution is -2.63. The SMILES string of the molecule is C/C=C\O[C@H]1O[C@H](COC)[C@@H](O)[C@H](OCC[C@@H](CCCCCCC)OC)[C@H]1C.C/C=C\O[C@H]1O[C@H](COC)[C@@H](O)[C@H](OCC[C@@H](CCCCCCC)OC)[C@H]1N. The van der Waals surface area contributed by atoms with Gasteiger partial charge in [-0.3, -0.25) is 0 Å². The van der Waals surface area contributed by atoms with Crippen LogP contribution in [0.5, 0.6) is 0 Å². The molecule has 0 amide bonds. The van der Waals surface area contributed by atoms with E-state index in [1.165, 1.54) is 64.0 Å². The van der Waals surface area contributed by atoms with Crippen molar-refractivity contribution in [2.75, 3.05) is 54.9 Å². The lowest BCUT2D eigenvalue weighted by atomic mass is 9.92. The number of allylic oxidation sites excluding steroid dienone is 2. The second-order valence-corrected chi connectivity index (χ2v) is 15.0. The standard InChI is InChI=1S/C22H42O6.C21H41NO6/c1-6-8-9-10-11-12-18(25-5)13-15-26-21-17(3)22(27-14-7-2)28-19(16-24-4)20(21)23;1-5-7-8-9-10-11-16(25-4)12-14-26-20-18(22)21(27-13-6-2)28-17(15-24-3)19(20)23/h7,14,17-23H,6,8-13,15-16H2,1-5H3;6,13,16-21,23H,5,7-12,14-15,22H2,1-4H3/b14-7-;13-6-/t17-,18-,19-,20-,21-,22+;16-,17-,18-,19-,20-,21+/m11/s1. The van der Waals surface area contributed by atoms with Gasteiger partial charge in [-0.25, -0.2) is 0 Å². The van der Waals surface area contributed by atoms with Crippen LogP contribution >= 0.6 is 0 Å². The smallest absolute Gasteiger partial charge is 0.217 e. The Kier molecular flexibility index (Phi) is 31.5. The highest BCUT2D eigenvalue weighted by atomic mass is 16.7. The molecule has 2 rings (SSSR count). The molecule has 13 heteroatoms. The maximum Gasteiger partial charge on any atom is 0.217 e. The molecule has 12 atom stereocenters. The third kappa shape index (κ3) is 20.6. The largest absolute Gasteiger partial charge is 0.472 e.